The average molecular weight is 974 g/mol. The van der Waals surface area contributed by atoms with Gasteiger partial charge in [0.15, 0.2) is 11.6 Å². The number of hydrogen-bond acceptors (Lipinski definition) is 16. The van der Waals surface area contributed by atoms with E-state index in [0.29, 0.717) is 62.0 Å². The van der Waals surface area contributed by atoms with E-state index in [2.05, 4.69) is 9.68 Å². The molecular formula is C47H61ClFN5O14. The number of nitrogens with zero attached hydrogens (tertiary/aromatic N) is 5. The second-order valence-corrected chi connectivity index (χ2v) is 17.3. The number of hydrogen-bond donors (Lipinski definition) is 4. The van der Waals surface area contributed by atoms with Crippen molar-refractivity contribution in [1.82, 2.24) is 25.5 Å². The number of amides is 3. The smallest absolute Gasteiger partial charge is 0.410 e. The van der Waals surface area contributed by atoms with Gasteiger partial charge < -0.3 is 33.5 Å². The molecule has 2 atom stereocenters. The van der Waals surface area contributed by atoms with Crippen LogP contribution in [0.1, 0.15) is 80.0 Å². The van der Waals surface area contributed by atoms with Crippen LogP contribution in [-0.4, -0.2) is 142 Å². The van der Waals surface area contributed by atoms with E-state index in [4.69, 9.17) is 56.1 Å². The minimum absolute atomic E-state index is 0.0127. The van der Waals surface area contributed by atoms with Crippen LogP contribution in [0.2, 0.25) is 5.02 Å². The van der Waals surface area contributed by atoms with Gasteiger partial charge in [0.2, 0.25) is 0 Å². The number of fused-ring (bicyclic) bond motifs is 2. The summed E-state index contributed by atoms with van der Waals surface area (Å²) in [6.45, 7) is 4.52. The van der Waals surface area contributed by atoms with Gasteiger partial charge in [-0.15, -0.1) is 0 Å². The summed E-state index contributed by atoms with van der Waals surface area (Å²) < 4.78 is 42.9. The van der Waals surface area contributed by atoms with E-state index in [1.807, 2.05) is 54.3 Å². The Morgan fingerprint density at radius 1 is 0.765 bits per heavy atom. The summed E-state index contributed by atoms with van der Waals surface area (Å²) in [7, 11) is 1.60. The van der Waals surface area contributed by atoms with Crippen LogP contribution in [-0.2, 0) is 30.5 Å². The molecule has 3 aromatic rings. The highest BCUT2D eigenvalue weighted by molar-refractivity contribution is 6.32. The lowest BCUT2D eigenvalue weighted by molar-refractivity contribution is -0.492. The van der Waals surface area contributed by atoms with Gasteiger partial charge >= 0.3 is 12.2 Å². The Bertz CT molecular complexity index is 2170. The molecule has 3 amide bonds. The summed E-state index contributed by atoms with van der Waals surface area (Å²) >= 11 is 6.18. The predicted molar refractivity (Wildman–Crippen MR) is 241 cm³/mol. The molecule has 21 heteroatoms. The van der Waals surface area contributed by atoms with Gasteiger partial charge in [-0.1, -0.05) is 35.9 Å². The Morgan fingerprint density at radius 2 is 1.38 bits per heavy atom. The van der Waals surface area contributed by atoms with Gasteiger partial charge in [-0.25, -0.2) is 14.0 Å². The van der Waals surface area contributed by atoms with Crippen molar-refractivity contribution in [3.63, 3.8) is 0 Å². The van der Waals surface area contributed by atoms with Crippen molar-refractivity contribution in [1.29, 1.82) is 0 Å². The predicted octanol–water partition coefficient (Wildman–Crippen LogP) is 7.90. The molecule has 6 rings (SSSR count). The normalized spacial score (nSPS) is 16.9. The van der Waals surface area contributed by atoms with Gasteiger partial charge in [0.1, 0.15) is 11.5 Å². The fourth-order valence-corrected chi connectivity index (χ4v) is 8.67. The first kappa shape index (κ1) is 52.1. The van der Waals surface area contributed by atoms with Crippen molar-refractivity contribution < 1.29 is 73.0 Å². The van der Waals surface area contributed by atoms with Gasteiger partial charge in [-0.05, 0) is 130 Å². The summed E-state index contributed by atoms with van der Waals surface area (Å²) in [6, 6.07) is 14.6. The number of rotatable bonds is 25. The SMILES string of the molecule is COc1ccc(CN(C(=O)C2=C(c3ccc(OCCCCOc4c(F)cc(C)cc4Cl)cc3)CC3CN(C(=O)OCCCCON(O)O)CC2N3C(=O)OCCCCON(O)O)C2CC2)cc1C. The van der Waals surface area contributed by atoms with Gasteiger partial charge in [0.05, 0.1) is 74.6 Å². The quantitative estimate of drug-likeness (QED) is 0.0469. The molecule has 3 aromatic carbocycles. The molecule has 19 nitrogen and oxygen atoms in total. The van der Waals surface area contributed by atoms with Crippen molar-refractivity contribution in [2.45, 2.75) is 96.3 Å². The fraction of sp³-hybridized carbons (Fsp3) is 0.511. The van der Waals surface area contributed by atoms with E-state index in [1.165, 1.54) is 11.0 Å². The zero-order valence-corrected chi connectivity index (χ0v) is 39.3. The zero-order chi connectivity index (χ0) is 48.7. The van der Waals surface area contributed by atoms with E-state index >= 15 is 4.79 Å². The first-order valence-electron chi connectivity index (χ1n) is 22.7. The van der Waals surface area contributed by atoms with E-state index in [0.717, 1.165) is 40.9 Å². The lowest BCUT2D eigenvalue weighted by atomic mass is 9.81. The molecule has 372 valence electrons. The van der Waals surface area contributed by atoms with Crippen LogP contribution in [0.25, 0.3) is 5.57 Å². The number of aryl methyl sites for hydroxylation is 2. The number of ether oxygens (including phenoxy) is 5. The van der Waals surface area contributed by atoms with E-state index in [9.17, 15) is 14.0 Å². The first-order valence-corrected chi connectivity index (χ1v) is 23.1. The Morgan fingerprint density at radius 3 is 1.99 bits per heavy atom. The highest BCUT2D eigenvalue weighted by Gasteiger charge is 2.50. The molecule has 1 saturated carbocycles. The third-order valence-corrected chi connectivity index (χ3v) is 12.0. The van der Waals surface area contributed by atoms with E-state index < -0.39 is 30.1 Å². The Balaban J connectivity index is 1.25. The second kappa shape index (κ2) is 25.4. The Hall–Kier alpha value is -5.29. The maximum absolute atomic E-state index is 15.4. The molecular weight excluding hydrogens is 913 g/mol. The van der Waals surface area contributed by atoms with Crippen LogP contribution in [0, 0.1) is 19.7 Å². The molecule has 3 aliphatic rings. The lowest BCUT2D eigenvalue weighted by Crippen LogP contribution is -2.65. The summed E-state index contributed by atoms with van der Waals surface area (Å²) in [6.07, 6.45) is 3.09. The summed E-state index contributed by atoms with van der Waals surface area (Å²) in [5, 5.41) is 34.8. The van der Waals surface area contributed by atoms with E-state index in [-0.39, 0.29) is 92.6 Å². The molecule has 2 unspecified atom stereocenters. The molecule has 1 aliphatic carbocycles. The first-order chi connectivity index (χ1) is 32.7. The molecule has 2 heterocycles. The molecule has 2 bridgehead atoms. The average Bonchev–Trinajstić information content (AvgIpc) is 4.14. The molecule has 2 fully saturated rings. The topological polar surface area (TPSA) is 213 Å². The zero-order valence-electron chi connectivity index (χ0n) is 38.5. The van der Waals surface area contributed by atoms with Crippen LogP contribution in [0.5, 0.6) is 17.2 Å². The fourth-order valence-electron chi connectivity index (χ4n) is 8.35. The maximum Gasteiger partial charge on any atom is 0.410 e. The highest BCUT2D eigenvalue weighted by atomic mass is 35.5. The van der Waals surface area contributed by atoms with E-state index in [1.54, 1.807) is 25.0 Å². The molecule has 0 radical (unpaired) electrons. The maximum atomic E-state index is 15.4. The summed E-state index contributed by atoms with van der Waals surface area (Å²) in [5.41, 5.74) is 4.32. The number of carbonyl (C=O) groups excluding carboxylic acids is 3. The molecule has 0 aromatic heterocycles. The number of piperazine rings is 1. The summed E-state index contributed by atoms with van der Waals surface area (Å²) in [4.78, 5) is 57.4. The molecule has 0 spiro atoms. The van der Waals surface area contributed by atoms with Gasteiger partial charge in [0, 0.05) is 31.2 Å². The van der Waals surface area contributed by atoms with Crippen LogP contribution >= 0.6 is 11.6 Å². The van der Waals surface area contributed by atoms with Crippen LogP contribution < -0.4 is 14.2 Å². The van der Waals surface area contributed by atoms with Gasteiger partial charge in [-0.3, -0.25) is 40.2 Å². The molecule has 4 N–H and O–H groups in total. The Kier molecular flexibility index (Phi) is 19.4. The number of unbranched alkanes of at least 4 members (excludes halogenated alkanes) is 3. The monoisotopic (exact) mass is 973 g/mol. The highest BCUT2D eigenvalue weighted by Crippen LogP contribution is 2.42. The third-order valence-electron chi connectivity index (χ3n) is 11.8. The van der Waals surface area contributed by atoms with Crippen molar-refractivity contribution in [2.24, 2.45) is 0 Å². The number of methoxy groups -OCH3 is 1. The molecule has 1 saturated heterocycles. The minimum atomic E-state index is -0.945. The van der Waals surface area contributed by atoms with Crippen LogP contribution in [0.3, 0.4) is 0 Å². The van der Waals surface area contributed by atoms with Crippen molar-refractivity contribution in [3.8, 4) is 17.2 Å². The minimum Gasteiger partial charge on any atom is -0.496 e. The third kappa shape index (κ3) is 14.6. The lowest BCUT2D eigenvalue weighted by Gasteiger charge is -2.50. The Labute approximate surface area is 399 Å². The molecule has 68 heavy (non-hydrogen) atoms. The molecule has 2 aliphatic heterocycles. The van der Waals surface area contributed by atoms with Crippen molar-refractivity contribution in [3.05, 3.63) is 93.3 Å². The second-order valence-electron chi connectivity index (χ2n) is 16.8. The van der Waals surface area contributed by atoms with Gasteiger partial charge in [0.25, 0.3) is 5.91 Å². The number of benzene rings is 3. The van der Waals surface area contributed by atoms with Crippen molar-refractivity contribution >= 4 is 35.3 Å². The number of halogens is 2. The van der Waals surface area contributed by atoms with Crippen molar-refractivity contribution in [2.75, 3.05) is 59.8 Å². The van der Waals surface area contributed by atoms with Crippen LogP contribution in [0.4, 0.5) is 14.0 Å². The standard InChI is InChI=1S/C47H61ClFN5O14/c1-31-24-39(48)44(40(49)25-31)64-19-5-4-18-63-37-15-11-34(12-16-37)38-27-36-29-50(46(56)65-20-6-8-22-67-53(58)59)30-41(52(36)47(57)66-21-7-9-23-68-54(60)61)43(38)45(55)51(35-13-14-35)28-33-10-17-42(62-3)32(2)26-33/h10-12,15-17,24-26,35-36,41,58-61H,4-9,13-14,18-23,27-30H2,1-3H3. The largest absolute Gasteiger partial charge is 0.496 e. The van der Waals surface area contributed by atoms with Gasteiger partial charge in [-0.2, -0.15) is 0 Å². The van der Waals surface area contributed by atoms with Crippen LogP contribution in [0.15, 0.2) is 60.2 Å². The summed E-state index contributed by atoms with van der Waals surface area (Å²) in [5.74, 6) is 0.545. The number of carbonyl (C=O) groups is 3.